The minimum Gasteiger partial charge on any atom is -0.321 e. The molecule has 0 unspecified atom stereocenters. The summed E-state index contributed by atoms with van der Waals surface area (Å²) < 4.78 is 0. The first-order valence-electron chi connectivity index (χ1n) is 4.35. The standard InChI is InChI=1S/C11H7ClN2O/c1-6-2-9(12)4-7-3-8(5-13)11(15)14-10(6)7/h2-4H,1H3,(H,14,15). The Morgan fingerprint density at radius 3 is 2.80 bits per heavy atom. The maximum atomic E-state index is 11.4. The zero-order valence-corrected chi connectivity index (χ0v) is 8.72. The molecule has 0 saturated heterocycles. The number of aromatic nitrogens is 1. The smallest absolute Gasteiger partial charge is 0.266 e. The summed E-state index contributed by atoms with van der Waals surface area (Å²) in [5.74, 6) is 0. The van der Waals surface area contributed by atoms with Gasteiger partial charge in [-0.15, -0.1) is 0 Å². The molecule has 2 rings (SSSR count). The molecule has 1 heterocycles. The third-order valence-corrected chi connectivity index (χ3v) is 2.45. The van der Waals surface area contributed by atoms with E-state index in [0.717, 1.165) is 16.5 Å². The number of hydrogen-bond acceptors (Lipinski definition) is 2. The summed E-state index contributed by atoms with van der Waals surface area (Å²) in [6, 6.07) is 6.88. The van der Waals surface area contributed by atoms with Crippen molar-refractivity contribution in [1.29, 1.82) is 5.26 Å². The summed E-state index contributed by atoms with van der Waals surface area (Å²) in [5, 5.41) is 10.1. The second-order valence-electron chi connectivity index (χ2n) is 3.31. The van der Waals surface area contributed by atoms with Gasteiger partial charge < -0.3 is 4.98 Å². The Morgan fingerprint density at radius 1 is 1.40 bits per heavy atom. The fraction of sp³-hybridized carbons (Fsp3) is 0.0909. The number of nitriles is 1. The van der Waals surface area contributed by atoms with E-state index in [1.54, 1.807) is 18.2 Å². The van der Waals surface area contributed by atoms with Crippen LogP contribution in [0.4, 0.5) is 0 Å². The van der Waals surface area contributed by atoms with Crippen molar-refractivity contribution >= 4 is 22.5 Å². The predicted octanol–water partition coefficient (Wildman–Crippen LogP) is 2.36. The van der Waals surface area contributed by atoms with Crippen molar-refractivity contribution in [1.82, 2.24) is 4.98 Å². The molecule has 1 aromatic heterocycles. The largest absolute Gasteiger partial charge is 0.321 e. The number of rotatable bonds is 0. The van der Waals surface area contributed by atoms with Gasteiger partial charge in [0.15, 0.2) is 0 Å². The highest BCUT2D eigenvalue weighted by Crippen LogP contribution is 2.21. The summed E-state index contributed by atoms with van der Waals surface area (Å²) in [7, 11) is 0. The molecule has 74 valence electrons. The van der Waals surface area contributed by atoms with Crippen LogP contribution in [-0.2, 0) is 0 Å². The van der Waals surface area contributed by atoms with E-state index in [9.17, 15) is 4.79 Å². The molecule has 0 aliphatic heterocycles. The molecule has 0 fully saturated rings. The maximum Gasteiger partial charge on any atom is 0.266 e. The van der Waals surface area contributed by atoms with Gasteiger partial charge in [0.1, 0.15) is 11.6 Å². The van der Waals surface area contributed by atoms with Crippen molar-refractivity contribution in [2.24, 2.45) is 0 Å². The molecule has 0 amide bonds. The SMILES string of the molecule is Cc1cc(Cl)cc2cc(C#N)c(=O)[nH]c12. The van der Waals surface area contributed by atoms with Crippen molar-refractivity contribution in [3.05, 3.63) is 44.7 Å². The van der Waals surface area contributed by atoms with Crippen LogP contribution in [0.5, 0.6) is 0 Å². The average molecular weight is 219 g/mol. The highest BCUT2D eigenvalue weighted by Gasteiger charge is 2.04. The first-order valence-corrected chi connectivity index (χ1v) is 4.73. The van der Waals surface area contributed by atoms with Gasteiger partial charge in [-0.3, -0.25) is 4.79 Å². The van der Waals surface area contributed by atoms with Gasteiger partial charge in [0.25, 0.3) is 5.56 Å². The van der Waals surface area contributed by atoms with Gasteiger partial charge in [-0.1, -0.05) is 11.6 Å². The van der Waals surface area contributed by atoms with Crippen LogP contribution in [0.3, 0.4) is 0 Å². The Morgan fingerprint density at radius 2 is 2.13 bits per heavy atom. The fourth-order valence-corrected chi connectivity index (χ4v) is 1.82. The Hall–Kier alpha value is -1.79. The quantitative estimate of drug-likeness (QED) is 0.738. The molecule has 0 aliphatic rings. The molecule has 1 aromatic carbocycles. The van der Waals surface area contributed by atoms with Gasteiger partial charge in [-0.05, 0) is 30.7 Å². The predicted molar refractivity (Wildman–Crippen MR) is 59.0 cm³/mol. The van der Waals surface area contributed by atoms with E-state index in [4.69, 9.17) is 16.9 Å². The number of H-pyrrole nitrogens is 1. The summed E-state index contributed by atoms with van der Waals surface area (Å²) in [4.78, 5) is 14.1. The summed E-state index contributed by atoms with van der Waals surface area (Å²) in [6.07, 6.45) is 0. The molecule has 2 aromatic rings. The van der Waals surface area contributed by atoms with Crippen LogP contribution in [0.1, 0.15) is 11.1 Å². The molecule has 15 heavy (non-hydrogen) atoms. The number of pyridine rings is 1. The van der Waals surface area contributed by atoms with Crippen LogP contribution in [0.25, 0.3) is 10.9 Å². The Kier molecular flexibility index (Phi) is 2.22. The molecule has 0 aliphatic carbocycles. The molecule has 0 radical (unpaired) electrons. The average Bonchev–Trinajstić information content (AvgIpc) is 2.18. The second kappa shape index (κ2) is 3.41. The van der Waals surface area contributed by atoms with Crippen molar-refractivity contribution in [3.63, 3.8) is 0 Å². The van der Waals surface area contributed by atoms with Crippen LogP contribution in [0, 0.1) is 18.3 Å². The zero-order valence-electron chi connectivity index (χ0n) is 7.97. The maximum absolute atomic E-state index is 11.4. The van der Waals surface area contributed by atoms with Crippen molar-refractivity contribution in [2.75, 3.05) is 0 Å². The third kappa shape index (κ3) is 1.60. The lowest BCUT2D eigenvalue weighted by molar-refractivity contribution is 1.26. The van der Waals surface area contributed by atoms with Gasteiger partial charge in [0, 0.05) is 10.4 Å². The van der Waals surface area contributed by atoms with Gasteiger partial charge in [-0.25, -0.2) is 0 Å². The molecule has 4 heteroatoms. The lowest BCUT2D eigenvalue weighted by Gasteiger charge is -2.02. The minimum atomic E-state index is -0.365. The van der Waals surface area contributed by atoms with Crippen LogP contribution >= 0.6 is 11.6 Å². The van der Waals surface area contributed by atoms with E-state index >= 15 is 0 Å². The highest BCUT2D eigenvalue weighted by atomic mass is 35.5. The molecule has 0 bridgehead atoms. The number of aryl methyl sites for hydroxylation is 1. The second-order valence-corrected chi connectivity index (χ2v) is 3.75. The number of nitrogens with zero attached hydrogens (tertiary/aromatic N) is 1. The molecule has 0 saturated carbocycles. The molecule has 0 spiro atoms. The number of benzene rings is 1. The van der Waals surface area contributed by atoms with Gasteiger partial charge in [0.05, 0.1) is 5.52 Å². The summed E-state index contributed by atoms with van der Waals surface area (Å²) >= 11 is 5.88. The van der Waals surface area contributed by atoms with E-state index in [1.807, 2.05) is 13.0 Å². The molecular formula is C11H7ClN2O. The Labute approximate surface area is 90.9 Å². The fourth-order valence-electron chi connectivity index (χ4n) is 1.54. The number of fused-ring (bicyclic) bond motifs is 1. The van der Waals surface area contributed by atoms with E-state index in [2.05, 4.69) is 4.98 Å². The Bertz CT molecular complexity index is 637. The molecule has 0 atom stereocenters. The number of hydrogen-bond donors (Lipinski definition) is 1. The molecular weight excluding hydrogens is 212 g/mol. The van der Waals surface area contributed by atoms with Crippen LogP contribution in [0.2, 0.25) is 5.02 Å². The normalized spacial score (nSPS) is 10.2. The monoisotopic (exact) mass is 218 g/mol. The lowest BCUT2D eigenvalue weighted by Crippen LogP contribution is -2.09. The summed E-state index contributed by atoms with van der Waals surface area (Å²) in [6.45, 7) is 1.86. The van der Waals surface area contributed by atoms with Gasteiger partial charge in [0.2, 0.25) is 0 Å². The first kappa shape index (κ1) is 9.75. The van der Waals surface area contributed by atoms with E-state index in [0.29, 0.717) is 5.02 Å². The first-order chi connectivity index (χ1) is 7.11. The van der Waals surface area contributed by atoms with Crippen LogP contribution in [-0.4, -0.2) is 4.98 Å². The van der Waals surface area contributed by atoms with Gasteiger partial charge in [-0.2, -0.15) is 5.26 Å². The van der Waals surface area contributed by atoms with Crippen molar-refractivity contribution in [2.45, 2.75) is 6.92 Å². The zero-order chi connectivity index (χ0) is 11.0. The molecule has 1 N–H and O–H groups in total. The summed E-state index contributed by atoms with van der Waals surface area (Å²) in [5.41, 5.74) is 1.35. The number of aromatic amines is 1. The van der Waals surface area contributed by atoms with Crippen molar-refractivity contribution < 1.29 is 0 Å². The van der Waals surface area contributed by atoms with Crippen LogP contribution < -0.4 is 5.56 Å². The Balaban J connectivity index is 2.95. The van der Waals surface area contributed by atoms with Crippen molar-refractivity contribution in [3.8, 4) is 6.07 Å². The lowest BCUT2D eigenvalue weighted by atomic mass is 10.1. The van der Waals surface area contributed by atoms with Gasteiger partial charge >= 0.3 is 0 Å². The highest BCUT2D eigenvalue weighted by molar-refractivity contribution is 6.31. The molecule has 3 nitrogen and oxygen atoms in total. The minimum absolute atomic E-state index is 0.101. The van der Waals surface area contributed by atoms with E-state index < -0.39 is 0 Å². The van der Waals surface area contributed by atoms with E-state index in [-0.39, 0.29) is 11.1 Å². The number of halogens is 1. The van der Waals surface area contributed by atoms with E-state index in [1.165, 1.54) is 0 Å². The topological polar surface area (TPSA) is 56.6 Å². The number of nitrogens with one attached hydrogen (secondary N) is 1. The third-order valence-electron chi connectivity index (χ3n) is 2.23. The van der Waals surface area contributed by atoms with Crippen LogP contribution in [0.15, 0.2) is 23.0 Å².